The zero-order chi connectivity index (χ0) is 9.26. The van der Waals surface area contributed by atoms with E-state index in [4.69, 9.17) is 10.5 Å². The second-order valence-corrected chi connectivity index (χ2v) is 4.71. The summed E-state index contributed by atoms with van der Waals surface area (Å²) in [6.45, 7) is 0. The third-order valence-corrected chi connectivity index (χ3v) is 3.64. The summed E-state index contributed by atoms with van der Waals surface area (Å²) in [5.74, 6) is 1.68. The van der Waals surface area contributed by atoms with Gasteiger partial charge in [0.2, 0.25) is 0 Å². The Morgan fingerprint density at radius 3 is 1.85 bits per heavy atom. The topological polar surface area (TPSA) is 35.2 Å². The molecule has 0 bridgehead atoms. The molecule has 2 aliphatic rings. The molecule has 0 saturated heterocycles. The van der Waals surface area contributed by atoms with Crippen LogP contribution in [0.1, 0.15) is 38.5 Å². The van der Waals surface area contributed by atoms with Crippen LogP contribution in [0.3, 0.4) is 0 Å². The van der Waals surface area contributed by atoms with E-state index in [0.717, 1.165) is 11.8 Å². The van der Waals surface area contributed by atoms with Gasteiger partial charge in [-0.2, -0.15) is 0 Å². The first kappa shape index (κ1) is 9.47. The van der Waals surface area contributed by atoms with Gasteiger partial charge in [0.15, 0.2) is 0 Å². The molecule has 2 aliphatic carbocycles. The smallest absolute Gasteiger partial charge is 0.0627 e. The minimum Gasteiger partial charge on any atom is -0.381 e. The summed E-state index contributed by atoms with van der Waals surface area (Å²) in [7, 11) is 1.87. The van der Waals surface area contributed by atoms with E-state index in [0.29, 0.717) is 12.1 Å². The van der Waals surface area contributed by atoms with Crippen LogP contribution in [-0.2, 0) is 4.74 Å². The normalized spacial score (nSPS) is 37.4. The lowest BCUT2D eigenvalue weighted by Gasteiger charge is -2.31. The molecule has 2 heteroatoms. The predicted molar refractivity (Wildman–Crippen MR) is 53.5 cm³/mol. The van der Waals surface area contributed by atoms with Crippen LogP contribution >= 0.6 is 0 Å². The largest absolute Gasteiger partial charge is 0.381 e. The van der Waals surface area contributed by atoms with E-state index in [2.05, 4.69) is 0 Å². The molecule has 1 atom stereocenters. The van der Waals surface area contributed by atoms with Crippen molar-refractivity contribution in [1.82, 2.24) is 0 Å². The number of ether oxygens (including phenoxy) is 1. The highest BCUT2D eigenvalue weighted by atomic mass is 16.5. The summed E-state index contributed by atoms with van der Waals surface area (Å²) in [6.07, 6.45) is 8.32. The van der Waals surface area contributed by atoms with Crippen molar-refractivity contribution in [1.29, 1.82) is 0 Å². The first-order chi connectivity index (χ1) is 6.31. The van der Waals surface area contributed by atoms with Gasteiger partial charge in [0, 0.05) is 13.2 Å². The first-order valence-electron chi connectivity index (χ1n) is 5.59. The highest BCUT2D eigenvalue weighted by molar-refractivity contribution is 4.89. The third-order valence-electron chi connectivity index (χ3n) is 3.64. The number of nitrogens with two attached hydrogens (primary N) is 1. The van der Waals surface area contributed by atoms with Crippen LogP contribution < -0.4 is 5.73 Å². The third kappa shape index (κ3) is 2.23. The van der Waals surface area contributed by atoms with Gasteiger partial charge in [-0.15, -0.1) is 0 Å². The monoisotopic (exact) mass is 183 g/mol. The maximum Gasteiger partial charge on any atom is 0.0627 e. The Bertz CT molecular complexity index is 159. The van der Waals surface area contributed by atoms with Crippen LogP contribution in [0.4, 0.5) is 0 Å². The van der Waals surface area contributed by atoms with E-state index >= 15 is 0 Å². The van der Waals surface area contributed by atoms with Crippen molar-refractivity contribution < 1.29 is 4.74 Å². The Hall–Kier alpha value is -0.0800. The summed E-state index contributed by atoms with van der Waals surface area (Å²) in [6, 6.07) is 0.466. The summed E-state index contributed by atoms with van der Waals surface area (Å²) in [4.78, 5) is 0. The lowest BCUT2D eigenvalue weighted by molar-refractivity contribution is 0.0185. The van der Waals surface area contributed by atoms with Gasteiger partial charge in [0.25, 0.3) is 0 Å². The van der Waals surface area contributed by atoms with Crippen molar-refractivity contribution in [3.8, 4) is 0 Å². The van der Waals surface area contributed by atoms with E-state index in [9.17, 15) is 0 Å². The molecule has 76 valence electrons. The fourth-order valence-electron chi connectivity index (χ4n) is 2.67. The van der Waals surface area contributed by atoms with E-state index in [-0.39, 0.29) is 0 Å². The lowest BCUT2D eigenvalue weighted by Crippen LogP contribution is -2.33. The quantitative estimate of drug-likeness (QED) is 0.725. The SMILES string of the molecule is COC(C1CCC(N)CC1)C1CC1. The molecule has 2 N–H and O–H groups in total. The number of rotatable bonds is 3. The highest BCUT2D eigenvalue weighted by Crippen LogP contribution is 2.41. The molecule has 0 amide bonds. The number of methoxy groups -OCH3 is 1. The summed E-state index contributed by atoms with van der Waals surface area (Å²) in [5.41, 5.74) is 5.89. The molecular weight excluding hydrogens is 162 g/mol. The molecule has 0 aromatic rings. The maximum atomic E-state index is 5.89. The predicted octanol–water partition coefficient (Wildman–Crippen LogP) is 1.93. The molecule has 0 spiro atoms. The Labute approximate surface area is 80.8 Å². The minimum absolute atomic E-state index is 0.466. The standard InChI is InChI=1S/C11H21NO/c1-13-11(8-2-3-8)9-4-6-10(12)7-5-9/h8-11H,2-7,12H2,1H3. The van der Waals surface area contributed by atoms with Gasteiger partial charge in [-0.3, -0.25) is 0 Å². The van der Waals surface area contributed by atoms with E-state index in [1.54, 1.807) is 0 Å². The fraction of sp³-hybridized carbons (Fsp3) is 1.00. The van der Waals surface area contributed by atoms with Crippen LogP contribution in [0, 0.1) is 11.8 Å². The number of hydrogen-bond donors (Lipinski definition) is 1. The van der Waals surface area contributed by atoms with Gasteiger partial charge in [0.05, 0.1) is 6.10 Å². The van der Waals surface area contributed by atoms with Crippen molar-refractivity contribution in [2.24, 2.45) is 17.6 Å². The van der Waals surface area contributed by atoms with Gasteiger partial charge in [-0.1, -0.05) is 0 Å². The van der Waals surface area contributed by atoms with Gasteiger partial charge in [-0.25, -0.2) is 0 Å². The summed E-state index contributed by atoms with van der Waals surface area (Å²) in [5, 5.41) is 0. The van der Waals surface area contributed by atoms with Crippen LogP contribution in [0.15, 0.2) is 0 Å². The number of hydrogen-bond acceptors (Lipinski definition) is 2. The molecule has 0 aromatic heterocycles. The zero-order valence-corrected chi connectivity index (χ0v) is 8.54. The highest BCUT2D eigenvalue weighted by Gasteiger charge is 2.37. The van der Waals surface area contributed by atoms with E-state index in [1.165, 1.54) is 38.5 Å². The molecule has 0 aromatic carbocycles. The van der Waals surface area contributed by atoms with Gasteiger partial charge in [-0.05, 0) is 50.4 Å². The Morgan fingerprint density at radius 2 is 1.46 bits per heavy atom. The zero-order valence-electron chi connectivity index (χ0n) is 8.54. The van der Waals surface area contributed by atoms with Crippen LogP contribution in [0.5, 0.6) is 0 Å². The second-order valence-electron chi connectivity index (χ2n) is 4.71. The van der Waals surface area contributed by atoms with Gasteiger partial charge >= 0.3 is 0 Å². The molecule has 0 heterocycles. The van der Waals surface area contributed by atoms with Crippen molar-refractivity contribution in [3.05, 3.63) is 0 Å². The van der Waals surface area contributed by atoms with Gasteiger partial charge < -0.3 is 10.5 Å². The molecule has 2 fully saturated rings. The molecule has 1 unspecified atom stereocenters. The van der Waals surface area contributed by atoms with Crippen LogP contribution in [0.2, 0.25) is 0 Å². The molecule has 2 rings (SSSR count). The summed E-state index contributed by atoms with van der Waals surface area (Å²) < 4.78 is 5.61. The molecule has 13 heavy (non-hydrogen) atoms. The van der Waals surface area contributed by atoms with E-state index < -0.39 is 0 Å². The van der Waals surface area contributed by atoms with Crippen molar-refractivity contribution in [2.75, 3.05) is 7.11 Å². The molecular formula is C11H21NO. The Morgan fingerprint density at radius 1 is 1.00 bits per heavy atom. The first-order valence-corrected chi connectivity index (χ1v) is 5.59. The average molecular weight is 183 g/mol. The van der Waals surface area contributed by atoms with Crippen molar-refractivity contribution in [2.45, 2.75) is 50.7 Å². The lowest BCUT2D eigenvalue weighted by atomic mass is 9.81. The average Bonchev–Trinajstić information content (AvgIpc) is 2.93. The summed E-state index contributed by atoms with van der Waals surface area (Å²) >= 11 is 0. The molecule has 0 aliphatic heterocycles. The molecule has 2 nitrogen and oxygen atoms in total. The van der Waals surface area contributed by atoms with E-state index in [1.807, 2.05) is 7.11 Å². The van der Waals surface area contributed by atoms with Crippen molar-refractivity contribution >= 4 is 0 Å². The van der Waals surface area contributed by atoms with Crippen molar-refractivity contribution in [3.63, 3.8) is 0 Å². The van der Waals surface area contributed by atoms with Crippen LogP contribution in [-0.4, -0.2) is 19.3 Å². The fourth-order valence-corrected chi connectivity index (χ4v) is 2.67. The Balaban J connectivity index is 1.84. The van der Waals surface area contributed by atoms with Gasteiger partial charge in [0.1, 0.15) is 0 Å². The minimum atomic E-state index is 0.466. The second kappa shape index (κ2) is 3.97. The maximum absolute atomic E-state index is 5.89. The molecule has 2 saturated carbocycles. The Kier molecular flexibility index (Phi) is 2.89. The molecule has 0 radical (unpaired) electrons. The van der Waals surface area contributed by atoms with Crippen LogP contribution in [0.25, 0.3) is 0 Å².